The van der Waals surface area contributed by atoms with Crippen molar-refractivity contribution in [2.24, 2.45) is 0 Å². The van der Waals surface area contributed by atoms with E-state index in [1.54, 1.807) is 0 Å². The van der Waals surface area contributed by atoms with Gasteiger partial charge in [0, 0.05) is 27.9 Å². The highest BCUT2D eigenvalue weighted by atomic mass is 32.1. The van der Waals surface area contributed by atoms with Crippen molar-refractivity contribution in [3.8, 4) is 10.4 Å². The van der Waals surface area contributed by atoms with Crippen molar-refractivity contribution in [2.45, 2.75) is 25.4 Å². The molecule has 19 heavy (non-hydrogen) atoms. The fraction of sp³-hybridized carbons (Fsp3) is 0.467. The molecule has 0 aliphatic carbocycles. The smallest absolute Gasteiger partial charge is 0.0351 e. The highest BCUT2D eigenvalue weighted by molar-refractivity contribution is 7.14. The summed E-state index contributed by atoms with van der Waals surface area (Å²) in [4.78, 5) is 5.24. The van der Waals surface area contributed by atoms with Gasteiger partial charge in [-0.3, -0.25) is 0 Å². The minimum atomic E-state index is 0.698. The Morgan fingerprint density at radius 3 is 2.89 bits per heavy atom. The van der Waals surface area contributed by atoms with Crippen LogP contribution in [0, 0.1) is 0 Å². The second kappa shape index (κ2) is 6.18. The molecule has 0 amide bonds. The number of hydrogen-bond donors (Lipinski definition) is 1. The van der Waals surface area contributed by atoms with Crippen LogP contribution >= 0.6 is 22.7 Å². The van der Waals surface area contributed by atoms with Crippen LogP contribution in [0.4, 0.5) is 0 Å². The van der Waals surface area contributed by atoms with Crippen LogP contribution in [0.2, 0.25) is 0 Å². The third-order valence-electron chi connectivity index (χ3n) is 3.74. The predicted octanol–water partition coefficient (Wildman–Crippen LogP) is 3.66. The standard InChI is InChI=1S/C15H20N2S2/c1-17-6-4-13(5-7-17)16-10-14-9-12(11-19-14)15-3-2-8-18-15/h2-3,8-9,11,13,16H,4-7,10H2,1H3. The van der Waals surface area contributed by atoms with Crippen LogP contribution in [0.5, 0.6) is 0 Å². The number of likely N-dealkylation sites (tertiary alicyclic amines) is 1. The summed E-state index contributed by atoms with van der Waals surface area (Å²) in [5, 5.41) is 8.12. The average molecular weight is 292 g/mol. The fourth-order valence-electron chi connectivity index (χ4n) is 2.50. The zero-order valence-electron chi connectivity index (χ0n) is 11.3. The van der Waals surface area contributed by atoms with Gasteiger partial charge >= 0.3 is 0 Å². The van der Waals surface area contributed by atoms with E-state index in [4.69, 9.17) is 0 Å². The highest BCUT2D eigenvalue weighted by Gasteiger charge is 2.16. The van der Waals surface area contributed by atoms with Gasteiger partial charge in [0.2, 0.25) is 0 Å². The molecule has 1 fully saturated rings. The van der Waals surface area contributed by atoms with E-state index in [9.17, 15) is 0 Å². The lowest BCUT2D eigenvalue weighted by atomic mass is 10.1. The fourth-order valence-corrected chi connectivity index (χ4v) is 4.13. The molecular weight excluding hydrogens is 272 g/mol. The van der Waals surface area contributed by atoms with Crippen molar-refractivity contribution in [3.63, 3.8) is 0 Å². The lowest BCUT2D eigenvalue weighted by Gasteiger charge is -2.29. The van der Waals surface area contributed by atoms with Gasteiger partial charge in [-0.05, 0) is 55.9 Å². The molecule has 0 saturated carbocycles. The summed E-state index contributed by atoms with van der Waals surface area (Å²) in [6.07, 6.45) is 2.55. The summed E-state index contributed by atoms with van der Waals surface area (Å²) in [5.74, 6) is 0. The summed E-state index contributed by atoms with van der Waals surface area (Å²) in [5.41, 5.74) is 1.38. The minimum absolute atomic E-state index is 0.698. The Morgan fingerprint density at radius 2 is 2.16 bits per heavy atom. The van der Waals surface area contributed by atoms with E-state index >= 15 is 0 Å². The average Bonchev–Trinajstić information content (AvgIpc) is 3.09. The van der Waals surface area contributed by atoms with Crippen LogP contribution in [0.1, 0.15) is 17.7 Å². The van der Waals surface area contributed by atoms with Gasteiger partial charge in [0.25, 0.3) is 0 Å². The maximum Gasteiger partial charge on any atom is 0.0351 e. The molecule has 2 aromatic heterocycles. The van der Waals surface area contributed by atoms with E-state index in [0.717, 1.165) is 6.54 Å². The number of rotatable bonds is 4. The van der Waals surface area contributed by atoms with Crippen molar-refractivity contribution < 1.29 is 0 Å². The van der Waals surface area contributed by atoms with Gasteiger partial charge in [-0.15, -0.1) is 22.7 Å². The zero-order valence-corrected chi connectivity index (χ0v) is 12.9. The van der Waals surface area contributed by atoms with Gasteiger partial charge in [-0.1, -0.05) is 6.07 Å². The molecule has 0 radical (unpaired) electrons. The van der Waals surface area contributed by atoms with Crippen LogP contribution in [0.25, 0.3) is 10.4 Å². The SMILES string of the molecule is CN1CCC(NCc2cc(-c3cccs3)cs2)CC1. The molecule has 1 saturated heterocycles. The molecule has 0 spiro atoms. The Morgan fingerprint density at radius 1 is 1.32 bits per heavy atom. The van der Waals surface area contributed by atoms with Crippen molar-refractivity contribution in [1.29, 1.82) is 0 Å². The van der Waals surface area contributed by atoms with Gasteiger partial charge in [0.05, 0.1) is 0 Å². The first-order chi connectivity index (χ1) is 9.31. The molecular formula is C15H20N2S2. The number of hydrogen-bond acceptors (Lipinski definition) is 4. The first-order valence-corrected chi connectivity index (χ1v) is 8.60. The summed E-state index contributed by atoms with van der Waals surface area (Å²) < 4.78 is 0. The third-order valence-corrected chi connectivity index (χ3v) is 5.60. The van der Waals surface area contributed by atoms with Crippen LogP contribution in [0.3, 0.4) is 0 Å². The van der Waals surface area contributed by atoms with Crippen LogP contribution in [0.15, 0.2) is 29.0 Å². The normalized spacial score (nSPS) is 17.9. The highest BCUT2D eigenvalue weighted by Crippen LogP contribution is 2.29. The molecule has 3 rings (SSSR count). The lowest BCUT2D eigenvalue weighted by molar-refractivity contribution is 0.234. The molecule has 0 unspecified atom stereocenters. The number of nitrogens with zero attached hydrogens (tertiary/aromatic N) is 1. The second-order valence-electron chi connectivity index (χ2n) is 5.24. The quantitative estimate of drug-likeness (QED) is 0.925. The molecule has 1 aliphatic rings. The lowest BCUT2D eigenvalue weighted by Crippen LogP contribution is -2.40. The second-order valence-corrected chi connectivity index (χ2v) is 7.18. The topological polar surface area (TPSA) is 15.3 Å². The van der Waals surface area contributed by atoms with E-state index < -0.39 is 0 Å². The Bertz CT molecular complexity index is 496. The number of nitrogens with one attached hydrogen (secondary N) is 1. The minimum Gasteiger partial charge on any atom is -0.309 e. The van der Waals surface area contributed by atoms with E-state index in [2.05, 4.69) is 46.2 Å². The number of thiophene rings is 2. The molecule has 1 aliphatic heterocycles. The first kappa shape index (κ1) is 13.3. The summed E-state index contributed by atoms with van der Waals surface area (Å²) in [7, 11) is 2.21. The summed E-state index contributed by atoms with van der Waals surface area (Å²) in [6, 6.07) is 7.34. The molecule has 2 nitrogen and oxygen atoms in total. The van der Waals surface area contributed by atoms with Gasteiger partial charge in [-0.25, -0.2) is 0 Å². The van der Waals surface area contributed by atoms with Crippen LogP contribution in [-0.2, 0) is 6.54 Å². The monoisotopic (exact) mass is 292 g/mol. The molecule has 3 heterocycles. The van der Waals surface area contributed by atoms with Crippen LogP contribution < -0.4 is 5.32 Å². The van der Waals surface area contributed by atoms with Crippen molar-refractivity contribution >= 4 is 22.7 Å². The maximum atomic E-state index is 3.70. The Balaban J connectivity index is 1.53. The zero-order chi connectivity index (χ0) is 13.1. The van der Waals surface area contributed by atoms with Crippen molar-refractivity contribution in [3.05, 3.63) is 33.8 Å². The summed E-state index contributed by atoms with van der Waals surface area (Å²) in [6.45, 7) is 3.47. The molecule has 0 atom stereocenters. The van der Waals surface area contributed by atoms with E-state index in [1.807, 2.05) is 22.7 Å². The molecule has 0 aromatic carbocycles. The molecule has 0 bridgehead atoms. The van der Waals surface area contributed by atoms with Gasteiger partial charge in [-0.2, -0.15) is 0 Å². The first-order valence-electron chi connectivity index (χ1n) is 6.84. The Labute approximate surface area is 123 Å². The number of piperidine rings is 1. The Kier molecular flexibility index (Phi) is 4.33. The molecule has 1 N–H and O–H groups in total. The van der Waals surface area contributed by atoms with E-state index in [1.165, 1.54) is 41.2 Å². The molecule has 4 heteroatoms. The largest absolute Gasteiger partial charge is 0.309 e. The molecule has 102 valence electrons. The van der Waals surface area contributed by atoms with Crippen LogP contribution in [-0.4, -0.2) is 31.1 Å². The predicted molar refractivity (Wildman–Crippen MR) is 85.0 cm³/mol. The van der Waals surface area contributed by atoms with E-state index in [-0.39, 0.29) is 0 Å². The van der Waals surface area contributed by atoms with Crippen molar-refractivity contribution in [2.75, 3.05) is 20.1 Å². The van der Waals surface area contributed by atoms with Crippen molar-refractivity contribution in [1.82, 2.24) is 10.2 Å². The summed E-state index contributed by atoms with van der Waals surface area (Å²) >= 11 is 3.69. The van der Waals surface area contributed by atoms with Gasteiger partial charge in [0.1, 0.15) is 0 Å². The van der Waals surface area contributed by atoms with E-state index in [0.29, 0.717) is 6.04 Å². The Hall–Kier alpha value is -0.680. The molecule has 2 aromatic rings. The third kappa shape index (κ3) is 3.45. The van der Waals surface area contributed by atoms with Gasteiger partial charge < -0.3 is 10.2 Å². The van der Waals surface area contributed by atoms with Gasteiger partial charge in [0.15, 0.2) is 0 Å². The maximum absolute atomic E-state index is 3.70.